The number of fused-ring (bicyclic) bond motifs is 2. The van der Waals surface area contributed by atoms with E-state index < -0.39 is 11.6 Å². The number of hydrogen-bond donors (Lipinski definition) is 1. The number of morpholine rings is 1. The van der Waals surface area contributed by atoms with Crippen molar-refractivity contribution in [2.24, 2.45) is 13.0 Å². The Morgan fingerprint density at radius 3 is 2.67 bits per heavy atom. The first kappa shape index (κ1) is 34.2. The number of rotatable bonds is 11. The Morgan fingerprint density at radius 1 is 1.18 bits per heavy atom. The third kappa shape index (κ3) is 7.67. The molecule has 0 spiro atoms. The highest BCUT2D eigenvalue weighted by molar-refractivity contribution is 5.90. The van der Waals surface area contributed by atoms with Crippen molar-refractivity contribution in [3.63, 3.8) is 0 Å². The Bertz CT molecular complexity index is 1760. The smallest absolute Gasteiger partial charge is 0.339 e. The predicted molar refractivity (Wildman–Crippen MR) is 182 cm³/mol. The van der Waals surface area contributed by atoms with Crippen molar-refractivity contribution in [1.29, 1.82) is 0 Å². The molecule has 49 heavy (non-hydrogen) atoms. The SMILES string of the molecule is COC(=O)c1cc(-c2cn(OC(C)(C)C)nc2OCCN2CC3CCC(Nc4cc(N5CCOCC5)ccc4[N+](=O)[O-])(C3)C2)c(=O)n(C)c1. The number of piperidine rings is 1. The molecule has 1 aromatic carbocycles. The second kappa shape index (κ2) is 13.7. The number of likely N-dealkylation sites (tertiary alicyclic amines) is 1. The number of methoxy groups -OCH3 is 1. The normalized spacial score (nSPS) is 21.0. The molecule has 2 saturated heterocycles. The molecule has 2 bridgehead atoms. The first-order valence-electron chi connectivity index (χ1n) is 16.7. The Kier molecular flexibility index (Phi) is 9.58. The highest BCUT2D eigenvalue weighted by Crippen LogP contribution is 2.44. The van der Waals surface area contributed by atoms with Gasteiger partial charge in [0.1, 0.15) is 17.9 Å². The van der Waals surface area contributed by atoms with Crippen molar-refractivity contribution in [3.8, 4) is 17.0 Å². The van der Waals surface area contributed by atoms with Crippen LogP contribution in [0.15, 0.2) is 41.5 Å². The molecule has 0 radical (unpaired) electrons. The van der Waals surface area contributed by atoms with Crippen LogP contribution in [0.5, 0.6) is 5.88 Å². The van der Waals surface area contributed by atoms with Gasteiger partial charge >= 0.3 is 5.97 Å². The third-order valence-electron chi connectivity index (χ3n) is 9.27. The van der Waals surface area contributed by atoms with Crippen molar-refractivity contribution >= 4 is 23.0 Å². The molecule has 6 rings (SSSR count). The number of carbonyl (C=O) groups excluding carboxylic acids is 1. The highest BCUT2D eigenvalue weighted by atomic mass is 16.7. The van der Waals surface area contributed by atoms with Crippen molar-refractivity contribution in [2.45, 2.75) is 51.2 Å². The number of hydrogen-bond acceptors (Lipinski definition) is 12. The molecule has 3 aromatic rings. The zero-order valence-corrected chi connectivity index (χ0v) is 28.8. The number of benzene rings is 1. The van der Waals surface area contributed by atoms with Gasteiger partial charge in [0.15, 0.2) is 0 Å². The van der Waals surface area contributed by atoms with Crippen molar-refractivity contribution < 1.29 is 28.8 Å². The lowest BCUT2D eigenvalue weighted by Gasteiger charge is -2.41. The van der Waals surface area contributed by atoms with Gasteiger partial charge in [-0.15, -0.1) is 4.85 Å². The standard InChI is InChI=1S/C34H45N7O8/c1-33(2,3)49-40-21-27(26-16-24(32(43)46-5)20-37(4)31(26)42)30(36-40)48-15-10-38-19-23-8-9-34(18-23,22-38)35-28-17-25(6-7-29(28)41(44)45)39-11-13-47-14-12-39/h6-7,16-17,20-21,23,35H,8-15,18-19,22H2,1-5H3. The molecule has 1 N–H and O–H groups in total. The number of nitrogens with zero attached hydrogens (tertiary/aromatic N) is 6. The first-order chi connectivity index (χ1) is 23.3. The number of nitrogens with one attached hydrogen (secondary N) is 1. The van der Waals surface area contributed by atoms with Crippen LogP contribution in [-0.2, 0) is 16.5 Å². The molecule has 3 aliphatic rings. The van der Waals surface area contributed by atoms with Crippen LogP contribution in [0.2, 0.25) is 0 Å². The fourth-order valence-corrected chi connectivity index (χ4v) is 7.17. The van der Waals surface area contributed by atoms with E-state index in [1.807, 2.05) is 32.9 Å². The lowest BCUT2D eigenvalue weighted by molar-refractivity contribution is -0.384. The number of esters is 1. The summed E-state index contributed by atoms with van der Waals surface area (Å²) in [6.07, 6.45) is 5.88. The molecule has 4 heterocycles. The van der Waals surface area contributed by atoms with Crippen molar-refractivity contribution in [3.05, 3.63) is 62.7 Å². The molecular weight excluding hydrogens is 634 g/mol. The fraction of sp³-hybridized carbons (Fsp3) is 0.559. The number of anilines is 2. The topological polar surface area (TPSA) is 155 Å². The van der Waals surface area contributed by atoms with E-state index in [4.69, 9.17) is 19.0 Å². The molecule has 3 fully saturated rings. The van der Waals surface area contributed by atoms with Gasteiger partial charge < -0.3 is 33.8 Å². The number of nitro groups is 1. The van der Waals surface area contributed by atoms with Crippen molar-refractivity contribution in [2.75, 3.05) is 69.9 Å². The van der Waals surface area contributed by atoms with E-state index in [0.717, 1.165) is 44.6 Å². The second-order valence-electron chi connectivity index (χ2n) is 14.2. The quantitative estimate of drug-likeness (QED) is 0.180. The Morgan fingerprint density at radius 2 is 1.96 bits per heavy atom. The Labute approximate surface area is 284 Å². The third-order valence-corrected chi connectivity index (χ3v) is 9.27. The van der Waals surface area contributed by atoms with Gasteiger partial charge in [-0.1, -0.05) is 5.10 Å². The van der Waals surface area contributed by atoms with Crippen LogP contribution >= 0.6 is 0 Å². The summed E-state index contributed by atoms with van der Waals surface area (Å²) < 4.78 is 18.0. The average molecular weight is 680 g/mol. The van der Waals surface area contributed by atoms with Crippen LogP contribution in [0.1, 0.15) is 50.4 Å². The van der Waals surface area contributed by atoms with Crippen LogP contribution in [0.4, 0.5) is 17.1 Å². The predicted octanol–water partition coefficient (Wildman–Crippen LogP) is 3.35. The summed E-state index contributed by atoms with van der Waals surface area (Å²) in [6, 6.07) is 6.80. The van der Waals surface area contributed by atoms with E-state index in [0.29, 0.717) is 43.5 Å². The van der Waals surface area contributed by atoms with Crippen LogP contribution in [-0.4, -0.2) is 101 Å². The first-order valence-corrected chi connectivity index (χ1v) is 16.7. The van der Waals surface area contributed by atoms with E-state index in [2.05, 4.69) is 20.2 Å². The molecule has 264 valence electrons. The largest absolute Gasteiger partial charge is 0.475 e. The number of aryl methyl sites for hydroxylation is 1. The molecule has 2 aromatic heterocycles. The lowest BCUT2D eigenvalue weighted by atomic mass is 9.90. The summed E-state index contributed by atoms with van der Waals surface area (Å²) >= 11 is 0. The molecule has 15 heteroatoms. The summed E-state index contributed by atoms with van der Waals surface area (Å²) in [5.74, 6) is 0.0755. The minimum Gasteiger partial charge on any atom is -0.475 e. The van der Waals surface area contributed by atoms with Crippen LogP contribution in [0, 0.1) is 16.0 Å². The molecule has 1 aliphatic carbocycles. The van der Waals surface area contributed by atoms with E-state index in [-0.39, 0.29) is 45.3 Å². The molecule has 1 saturated carbocycles. The number of aromatic nitrogens is 3. The van der Waals surface area contributed by atoms with Crippen LogP contribution in [0.25, 0.3) is 11.1 Å². The van der Waals surface area contributed by atoms with Gasteiger partial charge in [0, 0.05) is 57.7 Å². The summed E-state index contributed by atoms with van der Waals surface area (Å²) in [5.41, 5.74) is 1.16. The zero-order chi connectivity index (χ0) is 34.9. The maximum Gasteiger partial charge on any atom is 0.339 e. The summed E-state index contributed by atoms with van der Waals surface area (Å²) in [4.78, 5) is 49.1. The van der Waals surface area contributed by atoms with Crippen LogP contribution in [0.3, 0.4) is 0 Å². The minimum absolute atomic E-state index is 0.0679. The van der Waals surface area contributed by atoms with Gasteiger partial charge in [0.05, 0.1) is 53.7 Å². The number of nitro benzene ring substituents is 1. The number of pyridine rings is 1. The molecule has 2 atom stereocenters. The lowest BCUT2D eigenvalue weighted by Crippen LogP contribution is -2.52. The molecule has 2 unspecified atom stereocenters. The zero-order valence-electron chi connectivity index (χ0n) is 28.8. The maximum atomic E-state index is 13.3. The van der Waals surface area contributed by atoms with Gasteiger partial charge in [0.2, 0.25) is 5.88 Å². The van der Waals surface area contributed by atoms with E-state index in [9.17, 15) is 19.7 Å². The number of ether oxygens (including phenoxy) is 3. The molecule has 0 amide bonds. The second-order valence-corrected chi connectivity index (χ2v) is 14.2. The van der Waals surface area contributed by atoms with Gasteiger partial charge in [-0.25, -0.2) is 4.79 Å². The fourth-order valence-electron chi connectivity index (χ4n) is 7.17. The maximum absolute atomic E-state index is 13.3. The van der Waals surface area contributed by atoms with E-state index >= 15 is 0 Å². The average Bonchev–Trinajstić information content (AvgIpc) is 3.59. The summed E-state index contributed by atoms with van der Waals surface area (Å²) in [6.45, 7) is 10.8. The van der Waals surface area contributed by atoms with Gasteiger partial charge in [-0.05, 0) is 64.2 Å². The van der Waals surface area contributed by atoms with E-state index in [1.165, 1.54) is 28.8 Å². The van der Waals surface area contributed by atoms with Crippen LogP contribution < -0.4 is 25.4 Å². The Balaban J connectivity index is 1.20. The summed E-state index contributed by atoms with van der Waals surface area (Å²) in [7, 11) is 2.85. The molecule has 2 aliphatic heterocycles. The summed E-state index contributed by atoms with van der Waals surface area (Å²) in [5, 5.41) is 20.2. The van der Waals surface area contributed by atoms with E-state index in [1.54, 1.807) is 19.3 Å². The molecular formula is C34H45N7O8. The van der Waals surface area contributed by atoms with Gasteiger partial charge in [0.25, 0.3) is 11.2 Å². The van der Waals surface area contributed by atoms with Gasteiger partial charge in [-0.3, -0.25) is 19.8 Å². The number of carbonyl (C=O) groups is 1. The monoisotopic (exact) mass is 679 g/mol. The highest BCUT2D eigenvalue weighted by Gasteiger charge is 2.45. The van der Waals surface area contributed by atoms with Gasteiger partial charge in [-0.2, -0.15) is 0 Å². The molecule has 15 nitrogen and oxygen atoms in total. The Hall–Kier alpha value is -4.63. The van der Waals surface area contributed by atoms with Crippen molar-refractivity contribution in [1.82, 2.24) is 19.4 Å². The minimum atomic E-state index is -0.579.